The van der Waals surface area contributed by atoms with E-state index in [1.165, 1.54) is 0 Å². The van der Waals surface area contributed by atoms with Crippen LogP contribution in [0.3, 0.4) is 0 Å². The number of carbonyl (C=O) groups is 1. The molecule has 120 valence electrons. The summed E-state index contributed by atoms with van der Waals surface area (Å²) >= 11 is 0. The molecule has 0 saturated carbocycles. The minimum atomic E-state index is -0.908. The summed E-state index contributed by atoms with van der Waals surface area (Å²) < 4.78 is 1.96. The molecule has 0 radical (unpaired) electrons. The van der Waals surface area contributed by atoms with E-state index < -0.39 is 5.97 Å². The standard InChI is InChI=1S/C17H24N2O3/c1-2-12-9-14-13(5-3-6-18)11-19(7-4-8-20)16(14)15(10-12)17(21)22/h9-11,20H,2-8,18H2,1H3,(H,21,22). The van der Waals surface area contributed by atoms with Crippen molar-refractivity contribution >= 4 is 16.9 Å². The molecule has 0 fully saturated rings. The van der Waals surface area contributed by atoms with Crippen molar-refractivity contribution < 1.29 is 15.0 Å². The van der Waals surface area contributed by atoms with Crippen LogP contribution >= 0.6 is 0 Å². The van der Waals surface area contributed by atoms with E-state index in [0.717, 1.165) is 41.3 Å². The SMILES string of the molecule is CCc1cc(C(=O)O)c2c(c1)c(CCCN)cn2CCCO. The van der Waals surface area contributed by atoms with Gasteiger partial charge in [0.2, 0.25) is 0 Å². The normalized spacial score (nSPS) is 11.2. The number of rotatable bonds is 8. The molecule has 0 amide bonds. The lowest BCUT2D eigenvalue weighted by atomic mass is 10.0. The summed E-state index contributed by atoms with van der Waals surface area (Å²) in [4.78, 5) is 11.6. The van der Waals surface area contributed by atoms with E-state index in [-0.39, 0.29) is 6.61 Å². The Morgan fingerprint density at radius 3 is 2.68 bits per heavy atom. The van der Waals surface area contributed by atoms with Gasteiger partial charge in [0, 0.05) is 24.7 Å². The van der Waals surface area contributed by atoms with Crippen molar-refractivity contribution in [2.75, 3.05) is 13.2 Å². The fourth-order valence-corrected chi connectivity index (χ4v) is 2.85. The number of hydrogen-bond acceptors (Lipinski definition) is 3. The topological polar surface area (TPSA) is 88.5 Å². The van der Waals surface area contributed by atoms with Gasteiger partial charge in [0.1, 0.15) is 0 Å². The number of aliphatic hydroxyl groups is 1. The zero-order chi connectivity index (χ0) is 16.1. The summed E-state index contributed by atoms with van der Waals surface area (Å²) in [5, 5.41) is 19.6. The lowest BCUT2D eigenvalue weighted by Crippen LogP contribution is -2.05. The molecule has 0 bridgehead atoms. The predicted molar refractivity (Wildman–Crippen MR) is 87.4 cm³/mol. The van der Waals surface area contributed by atoms with E-state index in [9.17, 15) is 9.90 Å². The maximum atomic E-state index is 11.6. The molecule has 5 nitrogen and oxygen atoms in total. The van der Waals surface area contributed by atoms with Crippen molar-refractivity contribution in [1.82, 2.24) is 4.57 Å². The number of hydrogen-bond donors (Lipinski definition) is 3. The maximum absolute atomic E-state index is 11.6. The van der Waals surface area contributed by atoms with Crippen LogP contribution in [0.4, 0.5) is 0 Å². The quantitative estimate of drug-likeness (QED) is 0.697. The van der Waals surface area contributed by atoms with E-state index in [4.69, 9.17) is 10.8 Å². The highest BCUT2D eigenvalue weighted by Gasteiger charge is 2.17. The average molecular weight is 304 g/mol. The molecule has 0 atom stereocenters. The summed E-state index contributed by atoms with van der Waals surface area (Å²) in [7, 11) is 0. The zero-order valence-electron chi connectivity index (χ0n) is 13.0. The second kappa shape index (κ2) is 7.42. The molecule has 0 aliphatic carbocycles. The molecule has 0 aliphatic heterocycles. The number of benzene rings is 1. The van der Waals surface area contributed by atoms with E-state index in [2.05, 4.69) is 6.07 Å². The molecule has 4 N–H and O–H groups in total. The van der Waals surface area contributed by atoms with Gasteiger partial charge >= 0.3 is 5.97 Å². The Hall–Kier alpha value is -1.85. The number of aryl methyl sites for hydroxylation is 3. The second-order valence-electron chi connectivity index (χ2n) is 5.52. The number of nitrogens with two attached hydrogens (primary N) is 1. The van der Waals surface area contributed by atoms with Crippen molar-refractivity contribution in [1.29, 1.82) is 0 Å². The fraction of sp³-hybridized carbons (Fsp3) is 0.471. The fourth-order valence-electron chi connectivity index (χ4n) is 2.85. The Morgan fingerprint density at radius 1 is 1.32 bits per heavy atom. The molecule has 0 saturated heterocycles. The third-order valence-electron chi connectivity index (χ3n) is 3.96. The van der Waals surface area contributed by atoms with Crippen molar-refractivity contribution in [2.24, 2.45) is 5.73 Å². The van der Waals surface area contributed by atoms with Gasteiger partial charge in [0.25, 0.3) is 0 Å². The van der Waals surface area contributed by atoms with Crippen LogP contribution in [0, 0.1) is 0 Å². The van der Waals surface area contributed by atoms with Gasteiger partial charge < -0.3 is 20.5 Å². The van der Waals surface area contributed by atoms with Crippen molar-refractivity contribution in [2.45, 2.75) is 39.2 Å². The molecule has 1 heterocycles. The van der Waals surface area contributed by atoms with Gasteiger partial charge in [-0.3, -0.25) is 0 Å². The van der Waals surface area contributed by atoms with Crippen LogP contribution in [0.15, 0.2) is 18.3 Å². The molecule has 2 aromatic rings. The Kier molecular flexibility index (Phi) is 5.57. The van der Waals surface area contributed by atoms with Crippen LogP contribution in [0.2, 0.25) is 0 Å². The second-order valence-corrected chi connectivity index (χ2v) is 5.52. The largest absolute Gasteiger partial charge is 0.478 e. The molecular formula is C17H24N2O3. The number of carboxylic acid groups (broad SMARTS) is 1. The van der Waals surface area contributed by atoms with E-state index in [0.29, 0.717) is 25.1 Å². The Bertz CT molecular complexity index is 661. The van der Waals surface area contributed by atoms with Gasteiger partial charge in [0.05, 0.1) is 11.1 Å². The van der Waals surface area contributed by atoms with Crippen LogP contribution in [-0.2, 0) is 19.4 Å². The number of aromatic carboxylic acids is 1. The first-order chi connectivity index (χ1) is 10.6. The molecule has 22 heavy (non-hydrogen) atoms. The van der Waals surface area contributed by atoms with Crippen molar-refractivity contribution in [3.8, 4) is 0 Å². The third-order valence-corrected chi connectivity index (χ3v) is 3.96. The number of fused-ring (bicyclic) bond motifs is 1. The Labute approximate surface area is 130 Å². The summed E-state index contributed by atoms with van der Waals surface area (Å²) in [6.07, 6.45) is 5.13. The van der Waals surface area contributed by atoms with E-state index in [1.54, 1.807) is 6.07 Å². The number of carboxylic acids is 1. The first kappa shape index (κ1) is 16.5. The van der Waals surface area contributed by atoms with Gasteiger partial charge in [-0.25, -0.2) is 4.79 Å². The number of aromatic nitrogens is 1. The van der Waals surface area contributed by atoms with Crippen LogP contribution in [0.1, 0.15) is 41.3 Å². The summed E-state index contributed by atoms with van der Waals surface area (Å²) in [5.41, 5.74) is 8.86. The van der Waals surface area contributed by atoms with Crippen LogP contribution in [-0.4, -0.2) is 33.9 Å². The highest BCUT2D eigenvalue weighted by Crippen LogP contribution is 2.28. The van der Waals surface area contributed by atoms with Gasteiger partial charge in [-0.2, -0.15) is 0 Å². The van der Waals surface area contributed by atoms with Crippen LogP contribution in [0.25, 0.3) is 10.9 Å². The predicted octanol–water partition coefficient (Wildman–Crippen LogP) is 2.18. The third kappa shape index (κ3) is 3.31. The van der Waals surface area contributed by atoms with Gasteiger partial charge in [-0.05, 0) is 55.5 Å². The summed E-state index contributed by atoms with van der Waals surface area (Å²) in [6.45, 7) is 3.34. The van der Waals surface area contributed by atoms with Crippen LogP contribution < -0.4 is 5.73 Å². The van der Waals surface area contributed by atoms with E-state index in [1.807, 2.05) is 17.7 Å². The van der Waals surface area contributed by atoms with E-state index >= 15 is 0 Å². The molecule has 0 unspecified atom stereocenters. The highest BCUT2D eigenvalue weighted by molar-refractivity contribution is 6.03. The van der Waals surface area contributed by atoms with Gasteiger partial charge in [-0.15, -0.1) is 0 Å². The average Bonchev–Trinajstić information content (AvgIpc) is 2.87. The number of aliphatic hydroxyl groups excluding tert-OH is 1. The summed E-state index contributed by atoms with van der Waals surface area (Å²) in [6, 6.07) is 3.84. The van der Waals surface area contributed by atoms with Crippen molar-refractivity contribution in [3.05, 3.63) is 35.0 Å². The molecule has 5 heteroatoms. The highest BCUT2D eigenvalue weighted by atomic mass is 16.4. The molecule has 1 aromatic carbocycles. The Balaban J connectivity index is 2.64. The van der Waals surface area contributed by atoms with Gasteiger partial charge in [0.15, 0.2) is 0 Å². The minimum absolute atomic E-state index is 0.0905. The smallest absolute Gasteiger partial charge is 0.337 e. The molecule has 1 aromatic heterocycles. The first-order valence-electron chi connectivity index (χ1n) is 7.81. The van der Waals surface area contributed by atoms with Crippen molar-refractivity contribution in [3.63, 3.8) is 0 Å². The number of nitrogens with zero attached hydrogens (tertiary/aromatic N) is 1. The van der Waals surface area contributed by atoms with Crippen LogP contribution in [0.5, 0.6) is 0 Å². The first-order valence-corrected chi connectivity index (χ1v) is 7.81. The van der Waals surface area contributed by atoms with Gasteiger partial charge in [-0.1, -0.05) is 6.92 Å². The molecular weight excluding hydrogens is 280 g/mol. The molecule has 2 rings (SSSR count). The summed E-state index contributed by atoms with van der Waals surface area (Å²) in [5.74, 6) is -0.908. The molecule has 0 spiro atoms. The maximum Gasteiger partial charge on any atom is 0.337 e. The zero-order valence-corrected chi connectivity index (χ0v) is 13.0. The minimum Gasteiger partial charge on any atom is -0.478 e. The molecule has 0 aliphatic rings. The monoisotopic (exact) mass is 304 g/mol. The lowest BCUT2D eigenvalue weighted by Gasteiger charge is -2.08. The lowest BCUT2D eigenvalue weighted by molar-refractivity contribution is 0.0698. The Morgan fingerprint density at radius 2 is 2.09 bits per heavy atom.